The Hall–Kier alpha value is -1.93. The molecule has 0 radical (unpaired) electrons. The third kappa shape index (κ3) is 4.22. The molecule has 7 nitrogen and oxygen atoms in total. The Bertz CT molecular complexity index is 864. The predicted molar refractivity (Wildman–Crippen MR) is 115 cm³/mol. The minimum Gasteiger partial charge on any atom is -0.417 e. The van der Waals surface area contributed by atoms with Crippen molar-refractivity contribution < 1.29 is 9.35 Å². The Morgan fingerprint density at radius 1 is 1.29 bits per heavy atom. The van der Waals surface area contributed by atoms with Crippen molar-refractivity contribution in [2.45, 2.75) is 51.7 Å². The molecule has 3 rings (SSSR count). The monoisotopic (exact) mass is 404 g/mol. The zero-order valence-corrected chi connectivity index (χ0v) is 18.9. The highest BCUT2D eigenvalue weighted by atomic mass is 28.4. The normalized spacial score (nSPS) is 16.7. The quantitative estimate of drug-likeness (QED) is 0.409. The van der Waals surface area contributed by atoms with Crippen LogP contribution < -0.4 is 4.90 Å². The van der Waals surface area contributed by atoms with Crippen LogP contribution in [0, 0.1) is 16.0 Å². The van der Waals surface area contributed by atoms with E-state index in [0.29, 0.717) is 11.6 Å². The second kappa shape index (κ2) is 7.48. The fourth-order valence-electron chi connectivity index (χ4n) is 3.45. The number of piperidine rings is 1. The lowest BCUT2D eigenvalue weighted by Crippen LogP contribution is -2.43. The number of hydrogen-bond donors (Lipinski definition) is 0. The van der Waals surface area contributed by atoms with Gasteiger partial charge in [0.15, 0.2) is 8.32 Å². The van der Waals surface area contributed by atoms with Crippen molar-refractivity contribution in [2.24, 2.45) is 13.0 Å². The molecule has 28 heavy (non-hydrogen) atoms. The molecule has 0 saturated carbocycles. The van der Waals surface area contributed by atoms with Crippen LogP contribution >= 0.6 is 0 Å². The predicted octanol–water partition coefficient (Wildman–Crippen LogP) is 4.72. The van der Waals surface area contributed by atoms with E-state index in [4.69, 9.17) is 4.43 Å². The molecule has 1 saturated heterocycles. The Morgan fingerprint density at radius 3 is 2.50 bits per heavy atom. The van der Waals surface area contributed by atoms with Gasteiger partial charge in [-0.25, -0.2) is 0 Å². The van der Waals surface area contributed by atoms with Gasteiger partial charge in [-0.15, -0.1) is 0 Å². The SMILES string of the molecule is Cn1cc2cc([N+](=O)[O-])c(N3CCC(CO[Si](C)(C)C(C)(C)C)CC3)cc2n1. The Labute approximate surface area is 167 Å². The number of hydrogen-bond acceptors (Lipinski definition) is 5. The fourth-order valence-corrected chi connectivity index (χ4v) is 4.54. The number of aryl methyl sites for hydroxylation is 1. The van der Waals surface area contributed by atoms with Crippen molar-refractivity contribution >= 4 is 30.6 Å². The van der Waals surface area contributed by atoms with Crippen LogP contribution in [0.2, 0.25) is 18.1 Å². The number of aromatic nitrogens is 2. The van der Waals surface area contributed by atoms with Crippen LogP contribution in [0.15, 0.2) is 18.3 Å². The molecule has 1 aromatic heterocycles. The fraction of sp³-hybridized carbons (Fsp3) is 0.650. The van der Waals surface area contributed by atoms with Gasteiger partial charge in [0.05, 0.1) is 10.4 Å². The van der Waals surface area contributed by atoms with E-state index in [2.05, 4.69) is 43.9 Å². The average molecular weight is 405 g/mol. The van der Waals surface area contributed by atoms with Crippen LogP contribution in [0.5, 0.6) is 0 Å². The zero-order chi connectivity index (χ0) is 20.7. The topological polar surface area (TPSA) is 73.4 Å². The molecule has 1 aliphatic heterocycles. The molecule has 0 spiro atoms. The van der Waals surface area contributed by atoms with E-state index < -0.39 is 8.32 Å². The van der Waals surface area contributed by atoms with Crippen molar-refractivity contribution in [2.75, 3.05) is 24.6 Å². The maximum absolute atomic E-state index is 11.6. The lowest BCUT2D eigenvalue weighted by molar-refractivity contribution is -0.384. The highest BCUT2D eigenvalue weighted by Crippen LogP contribution is 2.38. The number of nitro benzene ring substituents is 1. The van der Waals surface area contributed by atoms with Crippen molar-refractivity contribution in [3.05, 3.63) is 28.4 Å². The summed E-state index contributed by atoms with van der Waals surface area (Å²) in [5.74, 6) is 0.517. The van der Waals surface area contributed by atoms with Gasteiger partial charge in [-0.1, -0.05) is 20.8 Å². The summed E-state index contributed by atoms with van der Waals surface area (Å²) >= 11 is 0. The van der Waals surface area contributed by atoms with Gasteiger partial charge in [-0.2, -0.15) is 5.10 Å². The first-order valence-corrected chi connectivity index (χ1v) is 12.9. The van der Waals surface area contributed by atoms with Gasteiger partial charge in [-0.3, -0.25) is 14.8 Å². The van der Waals surface area contributed by atoms with Gasteiger partial charge < -0.3 is 9.33 Å². The van der Waals surface area contributed by atoms with Gasteiger partial charge in [-0.05, 0) is 43.0 Å². The summed E-state index contributed by atoms with van der Waals surface area (Å²) in [6.45, 7) is 13.8. The smallest absolute Gasteiger partial charge is 0.293 e. The van der Waals surface area contributed by atoms with Gasteiger partial charge in [0.1, 0.15) is 5.69 Å². The number of rotatable bonds is 5. The van der Waals surface area contributed by atoms with Crippen molar-refractivity contribution in [1.82, 2.24) is 9.78 Å². The molecular weight excluding hydrogens is 372 g/mol. The first-order chi connectivity index (χ1) is 13.0. The number of fused-ring (bicyclic) bond motifs is 1. The molecule has 0 unspecified atom stereocenters. The molecule has 2 heterocycles. The minimum atomic E-state index is -1.74. The summed E-state index contributed by atoms with van der Waals surface area (Å²) in [5, 5.41) is 17.1. The number of anilines is 1. The van der Waals surface area contributed by atoms with Crippen molar-refractivity contribution in [1.29, 1.82) is 0 Å². The molecule has 0 bridgehead atoms. The molecule has 0 N–H and O–H groups in total. The molecule has 0 aliphatic carbocycles. The van der Waals surface area contributed by atoms with Gasteiger partial charge in [0, 0.05) is 44.4 Å². The molecule has 8 heteroatoms. The summed E-state index contributed by atoms with van der Waals surface area (Å²) < 4.78 is 8.09. The Kier molecular flexibility index (Phi) is 5.55. The van der Waals surface area contributed by atoms with Crippen LogP contribution in [-0.2, 0) is 11.5 Å². The number of nitro groups is 1. The van der Waals surface area contributed by atoms with Crippen LogP contribution in [0.4, 0.5) is 11.4 Å². The van der Waals surface area contributed by atoms with E-state index in [1.807, 2.05) is 19.3 Å². The van der Waals surface area contributed by atoms with E-state index in [9.17, 15) is 10.1 Å². The van der Waals surface area contributed by atoms with Gasteiger partial charge in [0.25, 0.3) is 5.69 Å². The molecule has 0 atom stereocenters. The first kappa shape index (κ1) is 20.8. The molecule has 2 aromatic rings. The maximum atomic E-state index is 11.6. The summed E-state index contributed by atoms with van der Waals surface area (Å²) in [6.07, 6.45) is 3.80. The molecule has 1 aromatic carbocycles. The molecular formula is C20H32N4O3Si. The second-order valence-corrected chi connectivity index (χ2v) is 14.3. The van der Waals surface area contributed by atoms with E-state index in [0.717, 1.165) is 43.4 Å². The Balaban J connectivity index is 1.69. The van der Waals surface area contributed by atoms with Crippen LogP contribution in [0.25, 0.3) is 10.9 Å². The molecule has 0 amide bonds. The second-order valence-electron chi connectivity index (χ2n) is 9.46. The highest BCUT2D eigenvalue weighted by Gasteiger charge is 2.38. The summed E-state index contributed by atoms with van der Waals surface area (Å²) in [7, 11) is 0.0973. The summed E-state index contributed by atoms with van der Waals surface area (Å²) in [4.78, 5) is 13.5. The van der Waals surface area contributed by atoms with E-state index in [-0.39, 0.29) is 15.6 Å². The van der Waals surface area contributed by atoms with Crippen LogP contribution in [0.1, 0.15) is 33.6 Å². The highest BCUT2D eigenvalue weighted by molar-refractivity contribution is 6.74. The third-order valence-corrected chi connectivity index (χ3v) is 10.9. The third-order valence-electron chi connectivity index (χ3n) is 6.35. The van der Waals surface area contributed by atoms with Crippen LogP contribution in [-0.4, -0.2) is 42.7 Å². The standard InChI is InChI=1S/C20H32N4O3Si/c1-20(2,3)28(5,6)27-14-15-7-9-23(10-8-15)18-12-17-16(13-22(4)21-17)11-19(18)24(25)26/h11-13,15H,7-10,14H2,1-6H3. The lowest BCUT2D eigenvalue weighted by atomic mass is 9.97. The van der Waals surface area contributed by atoms with Gasteiger partial charge >= 0.3 is 0 Å². The van der Waals surface area contributed by atoms with Crippen molar-refractivity contribution in [3.63, 3.8) is 0 Å². The van der Waals surface area contributed by atoms with Gasteiger partial charge in [0.2, 0.25) is 0 Å². The first-order valence-electron chi connectivity index (χ1n) is 9.98. The number of benzene rings is 1. The van der Waals surface area contributed by atoms with E-state index >= 15 is 0 Å². The molecule has 1 aliphatic rings. The molecule has 1 fully saturated rings. The maximum Gasteiger partial charge on any atom is 0.293 e. The molecule has 154 valence electrons. The average Bonchev–Trinajstić information content (AvgIpc) is 2.97. The number of nitrogens with zero attached hydrogens (tertiary/aromatic N) is 4. The van der Waals surface area contributed by atoms with E-state index in [1.54, 1.807) is 10.7 Å². The minimum absolute atomic E-state index is 0.163. The Morgan fingerprint density at radius 2 is 1.93 bits per heavy atom. The van der Waals surface area contributed by atoms with Crippen LogP contribution in [0.3, 0.4) is 0 Å². The summed E-state index contributed by atoms with van der Waals surface area (Å²) in [5.41, 5.74) is 1.64. The van der Waals surface area contributed by atoms with Crippen molar-refractivity contribution in [3.8, 4) is 0 Å². The van der Waals surface area contributed by atoms with E-state index in [1.165, 1.54) is 0 Å². The lowest BCUT2D eigenvalue weighted by Gasteiger charge is -2.39. The zero-order valence-electron chi connectivity index (χ0n) is 17.9. The summed E-state index contributed by atoms with van der Waals surface area (Å²) in [6, 6.07) is 3.50. The largest absolute Gasteiger partial charge is 0.417 e.